The lowest BCUT2D eigenvalue weighted by Gasteiger charge is -2.34. The normalized spacial score (nSPS) is 16.0. The van der Waals surface area contributed by atoms with Gasteiger partial charge in [-0.15, -0.1) is 11.3 Å². The van der Waals surface area contributed by atoms with Crippen molar-refractivity contribution in [2.75, 3.05) is 38.1 Å². The number of benzene rings is 1. The molecule has 1 saturated heterocycles. The lowest BCUT2D eigenvalue weighted by atomic mass is 10.1. The van der Waals surface area contributed by atoms with Gasteiger partial charge in [0.05, 0.1) is 5.52 Å². The van der Waals surface area contributed by atoms with E-state index in [4.69, 9.17) is 0 Å². The summed E-state index contributed by atoms with van der Waals surface area (Å²) in [5.41, 5.74) is 0.352. The molecule has 8 heteroatoms. The molecule has 1 fully saturated rings. The number of fused-ring (bicyclic) bond motifs is 3. The highest BCUT2D eigenvalue weighted by Crippen LogP contribution is 2.27. The Morgan fingerprint density at radius 1 is 1.24 bits per heavy atom. The Balaban J connectivity index is 1.97. The molecule has 0 unspecified atom stereocenters. The van der Waals surface area contributed by atoms with Crippen LogP contribution in [-0.4, -0.2) is 53.6 Å². The molecule has 0 aliphatic carbocycles. The number of hydrogen-bond acceptors (Lipinski definition) is 5. The van der Waals surface area contributed by atoms with E-state index in [1.165, 1.54) is 9.78 Å². The Morgan fingerprint density at radius 3 is 2.64 bits per heavy atom. The van der Waals surface area contributed by atoms with Crippen LogP contribution >= 0.6 is 11.3 Å². The van der Waals surface area contributed by atoms with Crippen molar-refractivity contribution in [2.24, 2.45) is 0 Å². The van der Waals surface area contributed by atoms with Crippen molar-refractivity contribution < 1.29 is 14.3 Å². The van der Waals surface area contributed by atoms with Crippen molar-refractivity contribution in [1.82, 2.24) is 9.30 Å². The largest absolute Gasteiger partial charge is 0.477 e. The average molecular weight is 361 g/mol. The molecule has 1 N–H and O–H groups in total. The number of anilines is 1. The lowest BCUT2D eigenvalue weighted by molar-refractivity contribution is 0.0697. The van der Waals surface area contributed by atoms with Crippen molar-refractivity contribution in [3.05, 3.63) is 45.3 Å². The lowest BCUT2D eigenvalue weighted by Crippen LogP contribution is -2.44. The second-order valence-corrected chi connectivity index (χ2v) is 7.06. The molecule has 3 aromatic rings. The smallest absolute Gasteiger partial charge is 0.342 e. The van der Waals surface area contributed by atoms with Crippen LogP contribution in [0.1, 0.15) is 10.4 Å². The molecule has 4 rings (SSSR count). The summed E-state index contributed by atoms with van der Waals surface area (Å²) in [7, 11) is 2.06. The van der Waals surface area contributed by atoms with E-state index in [0.717, 1.165) is 43.2 Å². The third-order valence-corrected chi connectivity index (χ3v) is 5.60. The van der Waals surface area contributed by atoms with E-state index in [9.17, 15) is 19.1 Å². The van der Waals surface area contributed by atoms with Gasteiger partial charge in [-0.05, 0) is 25.2 Å². The van der Waals surface area contributed by atoms with Gasteiger partial charge in [0.1, 0.15) is 10.4 Å². The van der Waals surface area contributed by atoms with Gasteiger partial charge in [0, 0.05) is 42.6 Å². The molecule has 25 heavy (non-hydrogen) atoms. The molecule has 6 nitrogen and oxygen atoms in total. The second-order valence-electron chi connectivity index (χ2n) is 6.20. The van der Waals surface area contributed by atoms with Gasteiger partial charge in [0.2, 0.25) is 11.4 Å². The highest BCUT2D eigenvalue weighted by atomic mass is 32.1. The first-order valence-corrected chi connectivity index (χ1v) is 8.77. The van der Waals surface area contributed by atoms with Crippen molar-refractivity contribution >= 4 is 38.7 Å². The van der Waals surface area contributed by atoms with Gasteiger partial charge >= 0.3 is 5.97 Å². The van der Waals surface area contributed by atoms with Crippen LogP contribution in [0.25, 0.3) is 15.7 Å². The number of aromatic nitrogens is 1. The summed E-state index contributed by atoms with van der Waals surface area (Å²) in [6.45, 7) is 3.55. The third-order valence-electron chi connectivity index (χ3n) is 4.67. The van der Waals surface area contributed by atoms with E-state index in [2.05, 4.69) is 16.8 Å². The molecule has 0 spiro atoms. The Morgan fingerprint density at radius 2 is 1.96 bits per heavy atom. The molecule has 2 aromatic heterocycles. The zero-order chi connectivity index (χ0) is 17.7. The quantitative estimate of drug-likeness (QED) is 0.757. The molecule has 0 atom stereocenters. The number of piperazine rings is 1. The van der Waals surface area contributed by atoms with E-state index < -0.39 is 17.3 Å². The molecule has 1 aromatic carbocycles. The number of rotatable bonds is 2. The van der Waals surface area contributed by atoms with Crippen LogP contribution in [0.2, 0.25) is 0 Å². The highest BCUT2D eigenvalue weighted by molar-refractivity contribution is 7.16. The van der Waals surface area contributed by atoms with Crippen molar-refractivity contribution in [2.45, 2.75) is 0 Å². The van der Waals surface area contributed by atoms with Gasteiger partial charge < -0.3 is 14.9 Å². The fourth-order valence-corrected chi connectivity index (χ4v) is 4.18. The van der Waals surface area contributed by atoms with Gasteiger partial charge in [-0.3, -0.25) is 9.20 Å². The van der Waals surface area contributed by atoms with E-state index in [0.29, 0.717) is 5.52 Å². The minimum atomic E-state index is -1.34. The number of carboxylic acid groups (broad SMARTS) is 1. The number of aromatic carboxylic acids is 1. The zero-order valence-corrected chi connectivity index (χ0v) is 14.3. The summed E-state index contributed by atoms with van der Waals surface area (Å²) in [6, 6.07) is 5.18. The summed E-state index contributed by atoms with van der Waals surface area (Å²) in [5, 5.41) is 10.8. The number of carboxylic acids is 1. The van der Waals surface area contributed by atoms with E-state index in [1.807, 2.05) is 0 Å². The van der Waals surface area contributed by atoms with Gasteiger partial charge in [-0.2, -0.15) is 4.39 Å². The molecule has 0 amide bonds. The molecule has 130 valence electrons. The first-order valence-electron chi connectivity index (χ1n) is 7.89. The van der Waals surface area contributed by atoms with Gasteiger partial charge in [0.25, 0.3) is 0 Å². The van der Waals surface area contributed by atoms with Gasteiger partial charge in [-0.1, -0.05) is 0 Å². The molecule has 0 radical (unpaired) electrons. The fraction of sp³-hybridized carbons (Fsp3) is 0.294. The monoisotopic (exact) mass is 361 g/mol. The van der Waals surface area contributed by atoms with Crippen LogP contribution in [0, 0.1) is 5.95 Å². The van der Waals surface area contributed by atoms with E-state index in [1.54, 1.807) is 18.2 Å². The zero-order valence-electron chi connectivity index (χ0n) is 13.5. The standard InChI is InChI=1S/C17H16FN3O3S/c1-19-4-6-20(7-5-19)10-2-3-11-12(8-10)21-13(18)9-25-16(21)14(15(11)22)17(23)24/h2-3,8-9H,4-7H2,1H3,(H,23,24). The minimum Gasteiger partial charge on any atom is -0.477 e. The number of hydrogen-bond donors (Lipinski definition) is 1. The Hall–Kier alpha value is -2.45. The van der Waals surface area contributed by atoms with Crippen LogP contribution in [0.5, 0.6) is 0 Å². The van der Waals surface area contributed by atoms with Crippen LogP contribution in [-0.2, 0) is 0 Å². The third kappa shape index (κ3) is 2.49. The molecule has 0 saturated carbocycles. The minimum absolute atomic E-state index is 0.123. The Bertz CT molecular complexity index is 1050. The number of carbonyl (C=O) groups is 1. The first-order chi connectivity index (χ1) is 12.0. The first kappa shape index (κ1) is 16.0. The predicted octanol–water partition coefficient (Wildman–Crippen LogP) is 2.10. The van der Waals surface area contributed by atoms with Gasteiger partial charge in [-0.25, -0.2) is 4.79 Å². The Kier molecular flexibility index (Phi) is 3.73. The average Bonchev–Trinajstić information content (AvgIpc) is 2.96. The maximum absolute atomic E-state index is 14.3. The van der Waals surface area contributed by atoms with Crippen LogP contribution in [0.4, 0.5) is 10.1 Å². The summed E-state index contributed by atoms with van der Waals surface area (Å²) in [6.07, 6.45) is 0. The van der Waals surface area contributed by atoms with Crippen molar-refractivity contribution in [3.8, 4) is 0 Å². The van der Waals surface area contributed by atoms with E-state index >= 15 is 0 Å². The van der Waals surface area contributed by atoms with Gasteiger partial charge in [0.15, 0.2) is 0 Å². The van der Waals surface area contributed by atoms with Crippen molar-refractivity contribution in [3.63, 3.8) is 0 Å². The number of halogens is 1. The molecular formula is C17H16FN3O3S. The van der Waals surface area contributed by atoms with Crippen LogP contribution in [0.3, 0.4) is 0 Å². The number of nitrogens with zero attached hydrogens (tertiary/aromatic N) is 3. The highest BCUT2D eigenvalue weighted by Gasteiger charge is 2.22. The predicted molar refractivity (Wildman–Crippen MR) is 95.7 cm³/mol. The summed E-state index contributed by atoms with van der Waals surface area (Å²) in [4.78, 5) is 28.6. The van der Waals surface area contributed by atoms with Crippen LogP contribution in [0.15, 0.2) is 28.4 Å². The molecular weight excluding hydrogens is 345 g/mol. The molecule has 1 aliphatic heterocycles. The summed E-state index contributed by atoms with van der Waals surface area (Å²) < 4.78 is 15.6. The molecule has 0 bridgehead atoms. The summed E-state index contributed by atoms with van der Waals surface area (Å²) >= 11 is 0.926. The maximum Gasteiger partial charge on any atom is 0.342 e. The number of pyridine rings is 1. The molecule has 1 aliphatic rings. The SMILES string of the molecule is CN1CCN(c2ccc3c(=O)c(C(=O)O)c4scc(F)n4c3c2)CC1. The topological polar surface area (TPSA) is 65.3 Å². The van der Waals surface area contributed by atoms with Crippen molar-refractivity contribution in [1.29, 1.82) is 0 Å². The molecule has 3 heterocycles. The maximum atomic E-state index is 14.3. The fourth-order valence-electron chi connectivity index (χ4n) is 3.28. The Labute approximate surface area is 146 Å². The summed E-state index contributed by atoms with van der Waals surface area (Å²) in [5.74, 6) is -1.91. The van der Waals surface area contributed by atoms with E-state index in [-0.39, 0.29) is 15.8 Å². The van der Waals surface area contributed by atoms with Crippen LogP contribution < -0.4 is 10.3 Å². The second kappa shape index (κ2) is 5.82. The number of likely N-dealkylation sites (N-methyl/N-ethyl adjacent to an activating group) is 1. The number of thiazole rings is 1.